The smallest absolute Gasteiger partial charge is 0.266 e. The number of nitrogens with zero attached hydrogens (tertiary/aromatic N) is 1. The van der Waals surface area contributed by atoms with Gasteiger partial charge in [-0.25, -0.2) is 10.4 Å². The minimum atomic E-state index is -1.22. The van der Waals surface area contributed by atoms with Gasteiger partial charge in [0.05, 0.1) is 12.6 Å². The summed E-state index contributed by atoms with van der Waals surface area (Å²) >= 11 is 3.65. The predicted molar refractivity (Wildman–Crippen MR) is 166 cm³/mol. The molecule has 0 fully saturated rings. The Bertz CT molecular complexity index is 1580. The molecular formula is C34H32BrN3O4. The van der Waals surface area contributed by atoms with Crippen molar-refractivity contribution in [2.45, 2.75) is 37.5 Å². The Morgan fingerprint density at radius 1 is 0.952 bits per heavy atom. The van der Waals surface area contributed by atoms with Gasteiger partial charge in [0.25, 0.3) is 5.91 Å². The molecule has 0 unspecified atom stereocenters. The number of aliphatic hydroxyl groups excluding tert-OH is 1. The average molecular weight is 627 g/mol. The molecule has 4 aromatic rings. The van der Waals surface area contributed by atoms with Crippen molar-refractivity contribution in [2.75, 3.05) is 13.2 Å². The summed E-state index contributed by atoms with van der Waals surface area (Å²) in [6.45, 7) is 2.40. The van der Waals surface area contributed by atoms with E-state index in [1.165, 1.54) is 0 Å². The third-order valence-corrected chi connectivity index (χ3v) is 8.68. The van der Waals surface area contributed by atoms with Crippen molar-refractivity contribution in [1.82, 2.24) is 10.9 Å². The first kappa shape index (κ1) is 28.2. The molecule has 214 valence electrons. The minimum absolute atomic E-state index is 0.0803. The molecule has 42 heavy (non-hydrogen) atoms. The van der Waals surface area contributed by atoms with Crippen molar-refractivity contribution in [3.05, 3.63) is 124 Å². The zero-order chi connectivity index (χ0) is 29.1. The molecule has 2 aliphatic rings. The zero-order valence-electron chi connectivity index (χ0n) is 23.2. The molecule has 0 bridgehead atoms. The molecule has 1 amide bonds. The highest BCUT2D eigenvalue weighted by atomic mass is 79.9. The summed E-state index contributed by atoms with van der Waals surface area (Å²) in [7, 11) is 0. The largest absolute Gasteiger partial charge is 0.494 e. The van der Waals surface area contributed by atoms with Gasteiger partial charge < -0.3 is 14.6 Å². The predicted octanol–water partition coefficient (Wildman–Crippen LogP) is 5.75. The van der Waals surface area contributed by atoms with Crippen molar-refractivity contribution in [2.24, 2.45) is 4.99 Å². The van der Waals surface area contributed by atoms with Crippen LogP contribution in [0.1, 0.15) is 41.6 Å². The number of carbonyl (C=O) groups is 1. The van der Waals surface area contributed by atoms with Gasteiger partial charge in [-0.05, 0) is 65.1 Å². The van der Waals surface area contributed by atoms with E-state index >= 15 is 0 Å². The molecule has 0 saturated heterocycles. The molecule has 1 aliphatic heterocycles. The van der Waals surface area contributed by atoms with E-state index in [0.29, 0.717) is 31.1 Å². The van der Waals surface area contributed by atoms with Crippen molar-refractivity contribution in [1.29, 1.82) is 0 Å². The lowest BCUT2D eigenvalue weighted by atomic mass is 9.86. The summed E-state index contributed by atoms with van der Waals surface area (Å²) in [6, 6.07) is 31.6. The molecule has 0 aromatic heterocycles. The van der Waals surface area contributed by atoms with Crippen LogP contribution in [-0.2, 0) is 16.0 Å². The number of aliphatic hydroxyl groups is 1. The lowest BCUT2D eigenvalue weighted by molar-refractivity contribution is -0.129. The van der Waals surface area contributed by atoms with Gasteiger partial charge >= 0.3 is 0 Å². The van der Waals surface area contributed by atoms with Crippen LogP contribution in [-0.4, -0.2) is 41.8 Å². The standard InChI is InChI=1S/C34H32BrN3O4/c1-22-34(21-24-9-2-7-14-30(24)35,36-32(42-22)23-15-17-25(18-16-23)41-20-8-19-39)33(40)38-37-31-28-12-5-3-10-26(28)27-11-4-6-13-29(27)31/h2-7,9-18,22,31,37,39H,8,19-21H2,1H3,(H,38,40)/t22-,34-/m0/s1. The van der Waals surface area contributed by atoms with Crippen LogP contribution in [0.25, 0.3) is 11.1 Å². The fraction of sp³-hybridized carbons (Fsp3) is 0.235. The lowest BCUT2D eigenvalue weighted by Gasteiger charge is -2.29. The topological polar surface area (TPSA) is 92.2 Å². The van der Waals surface area contributed by atoms with Crippen LogP contribution in [0, 0.1) is 0 Å². The fourth-order valence-electron chi connectivity index (χ4n) is 5.63. The van der Waals surface area contributed by atoms with Gasteiger partial charge in [0.1, 0.15) is 11.9 Å². The van der Waals surface area contributed by atoms with Crippen molar-refractivity contribution in [3.63, 3.8) is 0 Å². The number of halogens is 1. The van der Waals surface area contributed by atoms with Gasteiger partial charge in [0.15, 0.2) is 5.54 Å². The molecule has 0 saturated carbocycles. The number of hydrogen-bond donors (Lipinski definition) is 3. The first-order valence-electron chi connectivity index (χ1n) is 14.1. The Hall–Kier alpha value is -3.98. The molecule has 0 radical (unpaired) electrons. The highest BCUT2D eigenvalue weighted by Crippen LogP contribution is 2.43. The quantitative estimate of drug-likeness (QED) is 0.154. The van der Waals surface area contributed by atoms with Crippen LogP contribution < -0.4 is 15.6 Å². The van der Waals surface area contributed by atoms with E-state index in [1.807, 2.05) is 79.7 Å². The summed E-state index contributed by atoms with van der Waals surface area (Å²) in [5.41, 5.74) is 11.4. The molecule has 4 aromatic carbocycles. The third kappa shape index (κ3) is 5.33. The van der Waals surface area contributed by atoms with E-state index in [4.69, 9.17) is 19.6 Å². The molecule has 0 spiro atoms. The lowest BCUT2D eigenvalue weighted by Crippen LogP contribution is -2.56. The van der Waals surface area contributed by atoms with Gasteiger partial charge in [-0.1, -0.05) is 82.7 Å². The molecule has 8 heteroatoms. The first-order valence-corrected chi connectivity index (χ1v) is 14.9. The monoisotopic (exact) mass is 625 g/mol. The number of amides is 1. The highest BCUT2D eigenvalue weighted by molar-refractivity contribution is 9.10. The van der Waals surface area contributed by atoms with E-state index in [1.54, 1.807) is 0 Å². The summed E-state index contributed by atoms with van der Waals surface area (Å²) in [6.07, 6.45) is 0.366. The van der Waals surface area contributed by atoms with Crippen LogP contribution in [0.3, 0.4) is 0 Å². The van der Waals surface area contributed by atoms with E-state index < -0.39 is 11.6 Å². The number of nitrogens with one attached hydrogen (secondary N) is 2. The fourth-order valence-corrected chi connectivity index (χ4v) is 6.06. The number of aliphatic imine (C=N–C) groups is 1. The number of benzene rings is 4. The number of hydrogen-bond acceptors (Lipinski definition) is 6. The Balaban J connectivity index is 1.30. The first-order chi connectivity index (χ1) is 20.5. The Morgan fingerprint density at radius 3 is 2.26 bits per heavy atom. The Kier molecular flexibility index (Phi) is 8.11. The Labute approximate surface area is 253 Å². The molecule has 1 aliphatic carbocycles. The number of hydrazine groups is 1. The zero-order valence-corrected chi connectivity index (χ0v) is 24.8. The van der Waals surface area contributed by atoms with Crippen molar-refractivity contribution in [3.8, 4) is 16.9 Å². The van der Waals surface area contributed by atoms with Crippen molar-refractivity contribution >= 4 is 27.7 Å². The maximum absolute atomic E-state index is 14.2. The van der Waals surface area contributed by atoms with Gasteiger partial charge in [-0.2, -0.15) is 0 Å². The van der Waals surface area contributed by atoms with Gasteiger partial charge in [0, 0.05) is 29.5 Å². The molecule has 7 nitrogen and oxygen atoms in total. The Morgan fingerprint density at radius 2 is 1.60 bits per heavy atom. The second kappa shape index (κ2) is 12.1. The molecule has 2 atom stereocenters. The van der Waals surface area contributed by atoms with Gasteiger partial charge in [-0.15, -0.1) is 0 Å². The van der Waals surface area contributed by atoms with E-state index in [2.05, 4.69) is 51.0 Å². The second-order valence-corrected chi connectivity index (χ2v) is 11.4. The minimum Gasteiger partial charge on any atom is -0.494 e. The third-order valence-electron chi connectivity index (χ3n) is 7.91. The van der Waals surface area contributed by atoms with Crippen LogP contribution in [0.4, 0.5) is 0 Å². The molecule has 3 N–H and O–H groups in total. The van der Waals surface area contributed by atoms with Crippen LogP contribution >= 0.6 is 15.9 Å². The van der Waals surface area contributed by atoms with E-state index in [9.17, 15) is 4.79 Å². The van der Waals surface area contributed by atoms with Gasteiger partial charge in [0.2, 0.25) is 5.90 Å². The number of ether oxygens (including phenoxy) is 2. The second-order valence-electron chi connectivity index (χ2n) is 10.5. The number of carbonyl (C=O) groups excluding carboxylic acids is 1. The summed E-state index contributed by atoms with van der Waals surface area (Å²) in [4.78, 5) is 19.2. The highest BCUT2D eigenvalue weighted by Gasteiger charge is 2.51. The van der Waals surface area contributed by atoms with Crippen LogP contribution in [0.2, 0.25) is 0 Å². The summed E-state index contributed by atoms with van der Waals surface area (Å²) in [5.74, 6) is 0.826. The summed E-state index contributed by atoms with van der Waals surface area (Å²) < 4.78 is 12.9. The molecular weight excluding hydrogens is 594 g/mol. The number of rotatable bonds is 10. The van der Waals surface area contributed by atoms with Gasteiger partial charge in [-0.3, -0.25) is 10.2 Å². The van der Waals surface area contributed by atoms with Crippen molar-refractivity contribution < 1.29 is 19.4 Å². The van der Waals surface area contributed by atoms with E-state index in [-0.39, 0.29) is 18.6 Å². The van der Waals surface area contributed by atoms with Crippen LogP contribution in [0.15, 0.2) is 107 Å². The average Bonchev–Trinajstić information content (AvgIpc) is 3.52. The molecule has 6 rings (SSSR count). The van der Waals surface area contributed by atoms with E-state index in [0.717, 1.165) is 37.9 Å². The maximum Gasteiger partial charge on any atom is 0.266 e. The molecule has 1 heterocycles. The maximum atomic E-state index is 14.2. The normalized spacial score (nSPS) is 19.0. The number of fused-ring (bicyclic) bond motifs is 3. The SMILES string of the molecule is C[C@@H]1OC(c2ccc(OCCCO)cc2)=N[C@]1(Cc1ccccc1Br)C(=O)NNC1c2ccccc2-c2ccccc21. The van der Waals surface area contributed by atoms with Crippen LogP contribution in [0.5, 0.6) is 5.75 Å². The summed E-state index contributed by atoms with van der Waals surface area (Å²) in [5, 5.41) is 9.01.